The zero-order valence-electron chi connectivity index (χ0n) is 14.4. The molecular formula is C16H27Cl2N3O4. The molecule has 0 aromatic heterocycles. The number of ether oxygens (including phenoxy) is 3. The van der Waals surface area contributed by atoms with Crippen molar-refractivity contribution in [1.29, 1.82) is 0 Å². The summed E-state index contributed by atoms with van der Waals surface area (Å²) in [6.45, 7) is 6.17. The molecule has 0 saturated carbocycles. The molecule has 0 atom stereocenters. The molecule has 0 bridgehead atoms. The number of carbonyl (C=O) groups is 1. The standard InChI is InChI=1S/C16H25N3O4.2ClH/c1-21-15-10-13(2-3-14(15)23-12-16(17)20)11-18-4-5-19-6-8-22-9-7-19;;/h2-3,10,18H,4-9,11-12H2,1H3,(H2,17,20);2*1H. The molecule has 0 radical (unpaired) electrons. The first-order chi connectivity index (χ1) is 11.2. The third-order valence-corrected chi connectivity index (χ3v) is 3.64. The van der Waals surface area contributed by atoms with Gasteiger partial charge in [-0.05, 0) is 17.7 Å². The molecule has 2 rings (SSSR count). The summed E-state index contributed by atoms with van der Waals surface area (Å²) in [6, 6.07) is 5.64. The maximum atomic E-state index is 10.8. The predicted octanol–water partition coefficient (Wildman–Crippen LogP) is 0.825. The summed E-state index contributed by atoms with van der Waals surface area (Å²) in [5.74, 6) is 0.600. The van der Waals surface area contributed by atoms with Crippen LogP contribution >= 0.6 is 24.8 Å². The van der Waals surface area contributed by atoms with Gasteiger partial charge >= 0.3 is 0 Å². The number of carbonyl (C=O) groups excluding carboxylic acids is 1. The number of nitrogens with one attached hydrogen (secondary N) is 1. The van der Waals surface area contributed by atoms with Gasteiger partial charge in [0.2, 0.25) is 0 Å². The number of benzene rings is 1. The van der Waals surface area contributed by atoms with E-state index in [1.165, 1.54) is 0 Å². The Kier molecular flexibility index (Phi) is 12.4. The van der Waals surface area contributed by atoms with Crippen molar-refractivity contribution in [2.24, 2.45) is 5.73 Å². The maximum Gasteiger partial charge on any atom is 0.255 e. The van der Waals surface area contributed by atoms with Gasteiger partial charge in [0, 0.05) is 32.7 Å². The monoisotopic (exact) mass is 395 g/mol. The van der Waals surface area contributed by atoms with Crippen molar-refractivity contribution in [3.63, 3.8) is 0 Å². The number of nitrogens with two attached hydrogens (primary N) is 1. The third-order valence-electron chi connectivity index (χ3n) is 3.64. The fraction of sp³-hybridized carbons (Fsp3) is 0.562. The highest BCUT2D eigenvalue weighted by atomic mass is 35.5. The van der Waals surface area contributed by atoms with Gasteiger partial charge in [0.25, 0.3) is 5.91 Å². The van der Waals surface area contributed by atoms with Crippen LogP contribution in [0, 0.1) is 0 Å². The number of hydrogen-bond acceptors (Lipinski definition) is 6. The highest BCUT2D eigenvalue weighted by Crippen LogP contribution is 2.27. The summed E-state index contributed by atoms with van der Waals surface area (Å²) in [4.78, 5) is 13.2. The summed E-state index contributed by atoms with van der Waals surface area (Å²) in [5, 5.41) is 3.42. The minimum absolute atomic E-state index is 0. The number of primary amides is 1. The normalized spacial score (nSPS) is 14.1. The van der Waals surface area contributed by atoms with Gasteiger partial charge in [0.05, 0.1) is 20.3 Å². The molecule has 1 heterocycles. The Labute approximate surface area is 161 Å². The molecule has 7 nitrogen and oxygen atoms in total. The first kappa shape index (κ1) is 23.8. The van der Waals surface area contributed by atoms with Crippen LogP contribution in [0.5, 0.6) is 11.5 Å². The summed E-state index contributed by atoms with van der Waals surface area (Å²) in [5.41, 5.74) is 6.17. The van der Waals surface area contributed by atoms with E-state index in [4.69, 9.17) is 19.9 Å². The molecule has 1 amide bonds. The first-order valence-electron chi connectivity index (χ1n) is 7.78. The number of rotatable bonds is 9. The van der Waals surface area contributed by atoms with Gasteiger partial charge in [-0.3, -0.25) is 9.69 Å². The van der Waals surface area contributed by atoms with Gasteiger partial charge in [-0.15, -0.1) is 24.8 Å². The van der Waals surface area contributed by atoms with Crippen LogP contribution in [-0.2, 0) is 16.1 Å². The van der Waals surface area contributed by atoms with Crippen molar-refractivity contribution < 1.29 is 19.0 Å². The van der Waals surface area contributed by atoms with Crippen LogP contribution in [0.25, 0.3) is 0 Å². The zero-order chi connectivity index (χ0) is 16.5. The van der Waals surface area contributed by atoms with E-state index in [1.807, 2.05) is 12.1 Å². The van der Waals surface area contributed by atoms with Gasteiger partial charge in [-0.25, -0.2) is 0 Å². The predicted molar refractivity (Wildman–Crippen MR) is 101 cm³/mol. The number of methoxy groups -OCH3 is 1. The lowest BCUT2D eigenvalue weighted by Crippen LogP contribution is -2.40. The number of amides is 1. The van der Waals surface area contributed by atoms with E-state index in [0.29, 0.717) is 11.5 Å². The van der Waals surface area contributed by atoms with Crippen molar-refractivity contribution >= 4 is 30.7 Å². The Balaban J connectivity index is 0.00000288. The Hall–Kier alpha value is -1.25. The minimum Gasteiger partial charge on any atom is -0.493 e. The van der Waals surface area contributed by atoms with E-state index in [2.05, 4.69) is 10.2 Å². The van der Waals surface area contributed by atoms with Gasteiger partial charge in [0.1, 0.15) is 0 Å². The van der Waals surface area contributed by atoms with Crippen molar-refractivity contribution in [2.75, 3.05) is 53.1 Å². The smallest absolute Gasteiger partial charge is 0.255 e. The summed E-state index contributed by atoms with van der Waals surface area (Å²) in [6.07, 6.45) is 0. The van der Waals surface area contributed by atoms with Gasteiger partial charge in [-0.2, -0.15) is 0 Å². The van der Waals surface area contributed by atoms with Gasteiger partial charge in [-0.1, -0.05) is 6.07 Å². The highest BCUT2D eigenvalue weighted by Gasteiger charge is 2.10. The van der Waals surface area contributed by atoms with Crippen LogP contribution in [0.15, 0.2) is 18.2 Å². The van der Waals surface area contributed by atoms with Gasteiger partial charge < -0.3 is 25.3 Å². The molecule has 1 fully saturated rings. The Morgan fingerprint density at radius 1 is 1.28 bits per heavy atom. The fourth-order valence-corrected chi connectivity index (χ4v) is 2.38. The summed E-state index contributed by atoms with van der Waals surface area (Å²) >= 11 is 0. The molecule has 9 heteroatoms. The van der Waals surface area contributed by atoms with Crippen molar-refractivity contribution in [3.8, 4) is 11.5 Å². The quantitative estimate of drug-likeness (QED) is 0.602. The minimum atomic E-state index is -0.513. The summed E-state index contributed by atoms with van der Waals surface area (Å²) in [7, 11) is 1.57. The van der Waals surface area contributed by atoms with Crippen LogP contribution < -0.4 is 20.5 Å². The van der Waals surface area contributed by atoms with E-state index in [0.717, 1.165) is 51.5 Å². The second-order valence-electron chi connectivity index (χ2n) is 5.37. The Bertz CT molecular complexity index is 514. The van der Waals surface area contributed by atoms with Crippen LogP contribution in [-0.4, -0.2) is 63.9 Å². The molecule has 0 unspecified atom stereocenters. The van der Waals surface area contributed by atoms with Gasteiger partial charge in [0.15, 0.2) is 18.1 Å². The average Bonchev–Trinajstić information content (AvgIpc) is 2.58. The van der Waals surface area contributed by atoms with Crippen molar-refractivity contribution in [2.45, 2.75) is 6.54 Å². The Morgan fingerprint density at radius 3 is 2.64 bits per heavy atom. The lowest BCUT2D eigenvalue weighted by molar-refractivity contribution is -0.119. The van der Waals surface area contributed by atoms with Crippen LogP contribution in [0.1, 0.15) is 5.56 Å². The maximum absolute atomic E-state index is 10.8. The second-order valence-corrected chi connectivity index (χ2v) is 5.37. The molecule has 1 aliphatic rings. The fourth-order valence-electron chi connectivity index (χ4n) is 2.38. The largest absolute Gasteiger partial charge is 0.493 e. The molecule has 0 spiro atoms. The van der Waals surface area contributed by atoms with Crippen molar-refractivity contribution in [1.82, 2.24) is 10.2 Å². The number of hydrogen-bond donors (Lipinski definition) is 2. The molecule has 1 aliphatic heterocycles. The molecule has 1 aromatic carbocycles. The third kappa shape index (κ3) is 8.60. The Morgan fingerprint density at radius 2 is 2.00 bits per heavy atom. The molecular weight excluding hydrogens is 369 g/mol. The topological polar surface area (TPSA) is 86.1 Å². The number of halogens is 2. The van der Waals surface area contributed by atoms with Crippen LogP contribution in [0.3, 0.4) is 0 Å². The van der Waals surface area contributed by atoms with E-state index in [1.54, 1.807) is 13.2 Å². The SMILES string of the molecule is COc1cc(CNCCN2CCOCC2)ccc1OCC(N)=O.Cl.Cl. The molecule has 1 aromatic rings. The van der Waals surface area contributed by atoms with E-state index >= 15 is 0 Å². The van der Waals surface area contributed by atoms with E-state index in [-0.39, 0.29) is 31.4 Å². The second kappa shape index (κ2) is 13.0. The zero-order valence-corrected chi connectivity index (χ0v) is 16.0. The van der Waals surface area contributed by atoms with E-state index in [9.17, 15) is 4.79 Å². The molecule has 25 heavy (non-hydrogen) atoms. The van der Waals surface area contributed by atoms with E-state index < -0.39 is 5.91 Å². The average molecular weight is 396 g/mol. The molecule has 1 saturated heterocycles. The van der Waals surface area contributed by atoms with Crippen LogP contribution in [0.4, 0.5) is 0 Å². The number of nitrogens with zero attached hydrogens (tertiary/aromatic N) is 1. The summed E-state index contributed by atoms with van der Waals surface area (Å²) < 4.78 is 15.9. The lowest BCUT2D eigenvalue weighted by Gasteiger charge is -2.26. The molecule has 3 N–H and O–H groups in total. The highest BCUT2D eigenvalue weighted by molar-refractivity contribution is 5.85. The van der Waals surface area contributed by atoms with Crippen LogP contribution in [0.2, 0.25) is 0 Å². The lowest BCUT2D eigenvalue weighted by atomic mass is 10.2. The first-order valence-corrected chi connectivity index (χ1v) is 7.78. The molecule has 144 valence electrons. The van der Waals surface area contributed by atoms with Crippen molar-refractivity contribution in [3.05, 3.63) is 23.8 Å². The molecule has 0 aliphatic carbocycles. The number of morpholine rings is 1.